The van der Waals surface area contributed by atoms with Crippen LogP contribution < -0.4 is 0 Å². The van der Waals surface area contributed by atoms with Crippen LogP contribution in [0.5, 0.6) is 0 Å². The van der Waals surface area contributed by atoms with Crippen LogP contribution in [0, 0.1) is 26.3 Å². The molecular formula is C36H38IrN2S-2. The summed E-state index contributed by atoms with van der Waals surface area (Å²) in [5, 5.41) is 0.182. The molecule has 40 heavy (non-hydrogen) atoms. The summed E-state index contributed by atoms with van der Waals surface area (Å²) in [4.78, 5) is 9.92. The van der Waals surface area contributed by atoms with E-state index in [4.69, 9.17) is 9.60 Å². The molecule has 6 rings (SSSR count). The molecule has 2 aromatic carbocycles. The molecule has 4 atom stereocenters. The molecule has 2 aliphatic heterocycles. The molecule has 0 fully saturated rings. The van der Waals surface area contributed by atoms with Crippen LogP contribution in [0.15, 0.2) is 94.6 Å². The molecule has 3 aromatic rings. The van der Waals surface area contributed by atoms with E-state index < -0.39 is 19.6 Å². The molecule has 3 heterocycles. The molecule has 4 unspecified atom stereocenters. The van der Waals surface area contributed by atoms with Gasteiger partial charge in [0, 0.05) is 49.5 Å². The van der Waals surface area contributed by atoms with Crippen molar-refractivity contribution in [2.24, 2.45) is 4.99 Å². The molecule has 3 aliphatic rings. The van der Waals surface area contributed by atoms with E-state index in [-0.39, 0.29) is 37.6 Å². The Labute approximate surface area is 268 Å². The van der Waals surface area contributed by atoms with Gasteiger partial charge in [-0.1, -0.05) is 81.5 Å². The largest absolute Gasteiger partial charge is 0.325 e. The third-order valence-electron chi connectivity index (χ3n) is 7.15. The smallest absolute Gasteiger partial charge is 0.0823 e. The summed E-state index contributed by atoms with van der Waals surface area (Å²) >= 11 is 1.77. The number of thioether (sulfide) groups is 1. The topological polar surface area (TPSA) is 25.2 Å². The first-order valence-electron chi connectivity index (χ1n) is 17.2. The molecule has 209 valence electrons. The number of allylic oxidation sites excluding steroid dienone is 4. The number of benzene rings is 2. The van der Waals surface area contributed by atoms with Gasteiger partial charge in [0.2, 0.25) is 0 Å². The van der Waals surface area contributed by atoms with E-state index in [1.807, 2.05) is 24.4 Å². The van der Waals surface area contributed by atoms with Crippen LogP contribution in [-0.4, -0.2) is 15.9 Å². The maximum Gasteiger partial charge on any atom is 0.0823 e. The van der Waals surface area contributed by atoms with E-state index in [2.05, 4.69) is 67.5 Å². The van der Waals surface area contributed by atoms with Gasteiger partial charge in [0.25, 0.3) is 0 Å². The van der Waals surface area contributed by atoms with Crippen LogP contribution in [0.1, 0.15) is 83.7 Å². The van der Waals surface area contributed by atoms with Gasteiger partial charge in [0.1, 0.15) is 0 Å². The molecule has 2 nitrogen and oxygen atoms in total. The fourth-order valence-corrected chi connectivity index (χ4v) is 6.26. The van der Waals surface area contributed by atoms with Gasteiger partial charge in [0.15, 0.2) is 0 Å². The Kier molecular flexibility index (Phi) is 7.87. The number of unbranched alkanes of at least 4 members (excludes halogenated alkanes) is 1. The van der Waals surface area contributed by atoms with Crippen molar-refractivity contribution in [3.8, 4) is 11.3 Å². The Hall–Kier alpha value is -2.65. The van der Waals surface area contributed by atoms with E-state index in [0.29, 0.717) is 17.2 Å². The Morgan fingerprint density at radius 3 is 2.90 bits per heavy atom. The van der Waals surface area contributed by atoms with Crippen LogP contribution >= 0.6 is 11.8 Å². The molecular weight excluding hydrogens is 685 g/mol. The Morgan fingerprint density at radius 2 is 2.12 bits per heavy atom. The Bertz CT molecular complexity index is 1710. The molecule has 0 amide bonds. The average Bonchev–Trinajstić information content (AvgIpc) is 3.42. The first-order valence-corrected chi connectivity index (χ1v) is 14.4. The number of aliphatic imine (C=N–C) groups is 1. The second-order valence-electron chi connectivity index (χ2n) is 9.99. The van der Waals surface area contributed by atoms with Gasteiger partial charge in [0.05, 0.1) is 2.74 Å². The second kappa shape index (κ2) is 14.3. The number of aromatic nitrogens is 1. The molecule has 0 N–H and O–H groups in total. The monoisotopic (exact) mass is 730 g/mol. The zero-order chi connectivity index (χ0) is 33.2. The van der Waals surface area contributed by atoms with Crippen molar-refractivity contribution in [1.29, 1.82) is 0 Å². The van der Waals surface area contributed by atoms with E-state index >= 15 is 0 Å². The van der Waals surface area contributed by atoms with Crippen molar-refractivity contribution in [1.82, 2.24) is 4.98 Å². The third kappa shape index (κ3) is 7.15. The number of rotatable bonds is 6. The molecule has 1 aromatic heterocycles. The number of nitrogens with zero attached hydrogens (tertiary/aromatic N) is 2. The minimum Gasteiger partial charge on any atom is -0.325 e. The SMILES string of the molecule is [2H]C([2H])([2H])c1c[c-]c(-c2cc(C)c(C(C)CCCC)cn2)cc1.[2H]C1=C([2H])C([2H])C([2H])C(C2=CC=C3c4ccccc4SC3[CH-]2)=N1.[Ir]. The average molecular weight is 730 g/mol. The van der Waals surface area contributed by atoms with E-state index in [0.717, 1.165) is 16.8 Å². The van der Waals surface area contributed by atoms with Crippen LogP contribution in [-0.2, 0) is 20.1 Å². The zero-order valence-corrected chi connectivity index (χ0v) is 26.2. The maximum atomic E-state index is 8.17. The molecule has 0 spiro atoms. The third-order valence-corrected chi connectivity index (χ3v) is 8.41. The molecule has 0 bridgehead atoms. The molecule has 0 saturated carbocycles. The van der Waals surface area contributed by atoms with Crippen LogP contribution in [0.3, 0.4) is 0 Å². The first kappa shape index (κ1) is 22.0. The fraction of sp³-hybridized carbons (Fsp3) is 0.306. The second-order valence-corrected chi connectivity index (χ2v) is 11.2. The predicted octanol–water partition coefficient (Wildman–Crippen LogP) is 9.89. The van der Waals surface area contributed by atoms with Crippen molar-refractivity contribution in [3.63, 3.8) is 0 Å². The molecule has 1 radical (unpaired) electrons. The summed E-state index contributed by atoms with van der Waals surface area (Å²) in [5.41, 5.74) is 8.22. The quantitative estimate of drug-likeness (QED) is 0.236. The van der Waals surface area contributed by atoms with Gasteiger partial charge >= 0.3 is 0 Å². The van der Waals surface area contributed by atoms with E-state index in [1.54, 1.807) is 23.9 Å². The van der Waals surface area contributed by atoms with Gasteiger partial charge in [-0.15, -0.1) is 53.2 Å². The maximum absolute atomic E-state index is 8.17. The van der Waals surface area contributed by atoms with Gasteiger partial charge in [-0.05, 0) is 54.1 Å². The van der Waals surface area contributed by atoms with Gasteiger partial charge in [-0.3, -0.25) is 0 Å². The summed E-state index contributed by atoms with van der Waals surface area (Å²) < 4.78 is 53.7. The number of aryl methyl sites for hydroxylation is 2. The van der Waals surface area contributed by atoms with E-state index in [1.165, 1.54) is 52.5 Å². The first-order chi connectivity index (χ1) is 21.9. The van der Waals surface area contributed by atoms with E-state index in [9.17, 15) is 0 Å². The Balaban J connectivity index is 0.000000208. The van der Waals surface area contributed by atoms with Crippen molar-refractivity contribution < 1.29 is 29.7 Å². The standard InChI is InChI=1S/C19H24N.C17H14NS.Ir/c1-5-6-7-15(3)18-13-20-19(12-16(18)4)17-10-8-14(2)9-11-17;1-2-7-16-13(5-1)14-9-8-12(11-17(14)19-16)15-6-3-4-10-18-15;/h8-10,12-13,15H,5-7H2,1-4H3;1-2,4-5,7-11,17H,3,6H2;/q2*-1;/i2D3;3D,4D,6D,10D;. The van der Waals surface area contributed by atoms with Crippen molar-refractivity contribution >= 4 is 23.0 Å². The van der Waals surface area contributed by atoms with Crippen molar-refractivity contribution in [2.75, 3.05) is 0 Å². The number of fused-ring (bicyclic) bond motifs is 3. The predicted molar refractivity (Wildman–Crippen MR) is 168 cm³/mol. The number of pyridine rings is 1. The summed E-state index contributed by atoms with van der Waals surface area (Å²) in [7, 11) is 0. The number of hydrogen-bond acceptors (Lipinski definition) is 3. The Morgan fingerprint density at radius 1 is 1.25 bits per heavy atom. The van der Waals surface area contributed by atoms with Crippen molar-refractivity contribution in [2.45, 2.75) is 75.7 Å². The summed E-state index contributed by atoms with van der Waals surface area (Å²) in [6, 6.07) is 18.2. The van der Waals surface area contributed by atoms with Crippen LogP contribution in [0.4, 0.5) is 0 Å². The van der Waals surface area contributed by atoms with Crippen LogP contribution in [0.2, 0.25) is 0 Å². The summed E-state index contributed by atoms with van der Waals surface area (Å²) in [6.07, 6.45) is 9.46. The molecule has 4 heteroatoms. The van der Waals surface area contributed by atoms with Gasteiger partial charge in [-0.2, -0.15) is 18.1 Å². The fourth-order valence-electron chi connectivity index (χ4n) is 4.97. The summed E-state index contributed by atoms with van der Waals surface area (Å²) in [6.45, 7) is 4.48. The molecule has 0 saturated heterocycles. The van der Waals surface area contributed by atoms with Crippen LogP contribution in [0.25, 0.3) is 16.8 Å². The van der Waals surface area contributed by atoms with Gasteiger partial charge < -0.3 is 9.98 Å². The van der Waals surface area contributed by atoms with Crippen molar-refractivity contribution in [3.05, 3.63) is 119 Å². The number of hydrogen-bond donors (Lipinski definition) is 0. The normalized spacial score (nSPS) is 24.5. The molecule has 1 aliphatic carbocycles. The minimum absolute atomic E-state index is 0. The zero-order valence-electron chi connectivity index (χ0n) is 30.0. The minimum atomic E-state index is -2.09. The van der Waals surface area contributed by atoms with Gasteiger partial charge in [-0.25, -0.2) is 0 Å². The summed E-state index contributed by atoms with van der Waals surface area (Å²) in [5.74, 6) is 0.512.